The number of hydrogen-bond donors (Lipinski definition) is 4. The molecule has 0 saturated heterocycles. The van der Waals surface area contributed by atoms with E-state index in [0.717, 1.165) is 11.1 Å². The van der Waals surface area contributed by atoms with Crippen LogP contribution in [0.15, 0.2) is 44.6 Å². The summed E-state index contributed by atoms with van der Waals surface area (Å²) in [6.45, 7) is 7.17. The zero-order chi connectivity index (χ0) is 22.2. The first kappa shape index (κ1) is 21.5. The van der Waals surface area contributed by atoms with E-state index in [-0.39, 0.29) is 56.7 Å². The fraction of sp³-hybridized carbons (Fsp3) is 0.292. The van der Waals surface area contributed by atoms with Crippen molar-refractivity contribution in [2.45, 2.75) is 47.1 Å². The largest absolute Gasteiger partial charge is 0.507 e. The fourth-order valence-electron chi connectivity index (χ4n) is 3.50. The maximum atomic E-state index is 13.5. The Labute approximate surface area is 174 Å². The number of hydrogen-bond acceptors (Lipinski definition) is 6. The van der Waals surface area contributed by atoms with Gasteiger partial charge in [-0.25, -0.2) is 0 Å². The second-order valence-corrected chi connectivity index (χ2v) is 7.88. The minimum atomic E-state index is -0.478. The highest BCUT2D eigenvalue weighted by atomic mass is 16.3. The summed E-state index contributed by atoms with van der Waals surface area (Å²) in [5, 5.41) is 41.5. The van der Waals surface area contributed by atoms with Crippen LogP contribution < -0.4 is 5.43 Å². The summed E-state index contributed by atoms with van der Waals surface area (Å²) in [4.78, 5) is 13.5. The van der Waals surface area contributed by atoms with Crippen LogP contribution in [0.1, 0.15) is 44.4 Å². The van der Waals surface area contributed by atoms with Crippen LogP contribution in [0.4, 0.5) is 0 Å². The van der Waals surface area contributed by atoms with Crippen LogP contribution in [0.3, 0.4) is 0 Å². The smallest absolute Gasteiger partial charge is 0.204 e. The number of phenols is 3. The summed E-state index contributed by atoms with van der Waals surface area (Å²) in [6.07, 6.45) is 4.29. The van der Waals surface area contributed by atoms with Crippen LogP contribution in [0.2, 0.25) is 0 Å². The molecule has 0 aliphatic heterocycles. The summed E-state index contributed by atoms with van der Waals surface area (Å²) in [5.74, 6) is -0.691. The Morgan fingerprint density at radius 1 is 0.833 bits per heavy atom. The molecule has 0 atom stereocenters. The van der Waals surface area contributed by atoms with E-state index < -0.39 is 12.0 Å². The second-order valence-electron chi connectivity index (χ2n) is 7.88. The van der Waals surface area contributed by atoms with E-state index in [1.807, 2.05) is 39.8 Å². The highest BCUT2D eigenvalue weighted by molar-refractivity contribution is 5.97. The lowest BCUT2D eigenvalue weighted by atomic mass is 9.95. The molecule has 1 heterocycles. The van der Waals surface area contributed by atoms with Gasteiger partial charge in [0.2, 0.25) is 5.43 Å². The Morgan fingerprint density at radius 3 is 1.87 bits per heavy atom. The third-order valence-electron chi connectivity index (χ3n) is 5.10. The molecule has 0 unspecified atom stereocenters. The first-order valence-electron chi connectivity index (χ1n) is 9.71. The van der Waals surface area contributed by atoms with Gasteiger partial charge in [0.1, 0.15) is 33.8 Å². The number of allylic oxidation sites excluding steroid dienone is 4. The standard InChI is InChI=1S/C24H26O6/c1-12(2)5-7-14-16(11-25)18(27)10-19-21(14)24(29)22-20(30-19)9-17(26)15(23(22)28)8-6-13(3)4/h5-6,9-10,25-28H,7-8,11H2,1-4H3. The van der Waals surface area contributed by atoms with E-state index in [0.29, 0.717) is 12.0 Å². The lowest BCUT2D eigenvalue weighted by Crippen LogP contribution is -2.09. The van der Waals surface area contributed by atoms with E-state index in [4.69, 9.17) is 4.42 Å². The van der Waals surface area contributed by atoms with Gasteiger partial charge in [-0.05, 0) is 46.1 Å². The molecule has 30 heavy (non-hydrogen) atoms. The van der Waals surface area contributed by atoms with Crippen molar-refractivity contribution in [3.05, 3.63) is 62.3 Å². The van der Waals surface area contributed by atoms with Gasteiger partial charge in [0, 0.05) is 23.3 Å². The molecule has 6 nitrogen and oxygen atoms in total. The Kier molecular flexibility index (Phi) is 5.89. The van der Waals surface area contributed by atoms with Crippen LogP contribution in [-0.2, 0) is 19.4 Å². The minimum Gasteiger partial charge on any atom is -0.507 e. The summed E-state index contributed by atoms with van der Waals surface area (Å²) < 4.78 is 5.80. The summed E-state index contributed by atoms with van der Waals surface area (Å²) >= 11 is 0. The summed E-state index contributed by atoms with van der Waals surface area (Å²) in [6, 6.07) is 2.58. The molecule has 1 aromatic heterocycles. The van der Waals surface area contributed by atoms with Gasteiger partial charge >= 0.3 is 0 Å². The summed E-state index contributed by atoms with van der Waals surface area (Å²) in [7, 11) is 0. The van der Waals surface area contributed by atoms with Crippen molar-refractivity contribution in [2.75, 3.05) is 0 Å². The number of aromatic hydroxyl groups is 3. The molecule has 3 rings (SSSR count). The zero-order valence-corrected chi connectivity index (χ0v) is 17.5. The van der Waals surface area contributed by atoms with E-state index in [9.17, 15) is 25.2 Å². The number of aliphatic hydroxyl groups is 1. The van der Waals surface area contributed by atoms with Crippen molar-refractivity contribution in [3.8, 4) is 17.2 Å². The Morgan fingerprint density at radius 2 is 1.33 bits per heavy atom. The summed E-state index contributed by atoms with van der Waals surface area (Å²) in [5.41, 5.74) is 2.61. The molecule has 6 heteroatoms. The molecular weight excluding hydrogens is 384 g/mol. The van der Waals surface area contributed by atoms with Crippen LogP contribution in [0, 0.1) is 0 Å². The molecule has 158 valence electrons. The van der Waals surface area contributed by atoms with Crippen molar-refractivity contribution >= 4 is 21.9 Å². The molecule has 0 fully saturated rings. The number of aliphatic hydroxyl groups excluding tert-OH is 1. The molecule has 4 N–H and O–H groups in total. The molecule has 0 spiro atoms. The first-order chi connectivity index (χ1) is 14.1. The topological polar surface area (TPSA) is 111 Å². The van der Waals surface area contributed by atoms with Crippen molar-refractivity contribution in [1.82, 2.24) is 0 Å². The van der Waals surface area contributed by atoms with E-state index in [1.54, 1.807) is 0 Å². The maximum Gasteiger partial charge on any atom is 0.204 e. The van der Waals surface area contributed by atoms with Crippen LogP contribution in [0.5, 0.6) is 17.2 Å². The lowest BCUT2D eigenvalue weighted by molar-refractivity contribution is 0.274. The van der Waals surface area contributed by atoms with Crippen LogP contribution in [-0.4, -0.2) is 20.4 Å². The molecule has 0 aliphatic carbocycles. The number of benzene rings is 2. The SMILES string of the molecule is CC(C)=CCc1c(O)cc2oc3cc(O)c(CO)c(CC=C(C)C)c3c(=O)c2c1O. The molecule has 3 aromatic rings. The molecule has 0 bridgehead atoms. The van der Waals surface area contributed by atoms with Crippen LogP contribution in [0.25, 0.3) is 21.9 Å². The number of fused-ring (bicyclic) bond motifs is 2. The molecular formula is C24H26O6. The molecule has 0 saturated carbocycles. The molecule has 0 radical (unpaired) electrons. The van der Waals surface area contributed by atoms with Crippen LogP contribution >= 0.6 is 0 Å². The lowest BCUT2D eigenvalue weighted by Gasteiger charge is -2.14. The molecule has 0 amide bonds. The average molecular weight is 410 g/mol. The van der Waals surface area contributed by atoms with E-state index in [2.05, 4.69) is 0 Å². The van der Waals surface area contributed by atoms with Gasteiger partial charge < -0.3 is 24.8 Å². The van der Waals surface area contributed by atoms with Gasteiger partial charge in [-0.1, -0.05) is 23.3 Å². The predicted molar refractivity (Wildman–Crippen MR) is 117 cm³/mol. The van der Waals surface area contributed by atoms with Gasteiger partial charge in [-0.2, -0.15) is 0 Å². The van der Waals surface area contributed by atoms with Crippen molar-refractivity contribution in [2.24, 2.45) is 0 Å². The zero-order valence-electron chi connectivity index (χ0n) is 17.5. The number of rotatable bonds is 5. The third kappa shape index (κ3) is 3.78. The highest BCUT2D eigenvalue weighted by Gasteiger charge is 2.22. The monoisotopic (exact) mass is 410 g/mol. The third-order valence-corrected chi connectivity index (χ3v) is 5.10. The molecule has 0 aliphatic rings. The normalized spacial score (nSPS) is 11.1. The van der Waals surface area contributed by atoms with Gasteiger partial charge in [0.15, 0.2) is 0 Å². The van der Waals surface area contributed by atoms with Crippen molar-refractivity contribution in [3.63, 3.8) is 0 Å². The van der Waals surface area contributed by atoms with Gasteiger partial charge in [0.25, 0.3) is 0 Å². The van der Waals surface area contributed by atoms with Crippen molar-refractivity contribution < 1.29 is 24.8 Å². The first-order valence-corrected chi connectivity index (χ1v) is 9.71. The van der Waals surface area contributed by atoms with E-state index >= 15 is 0 Å². The molecule has 2 aromatic carbocycles. The van der Waals surface area contributed by atoms with Gasteiger partial charge in [-0.3, -0.25) is 4.79 Å². The fourth-order valence-corrected chi connectivity index (χ4v) is 3.50. The van der Waals surface area contributed by atoms with Gasteiger partial charge in [-0.15, -0.1) is 0 Å². The number of phenolic OH excluding ortho intramolecular Hbond substituents is 2. The highest BCUT2D eigenvalue weighted by Crippen LogP contribution is 2.38. The van der Waals surface area contributed by atoms with Gasteiger partial charge in [0.05, 0.1) is 12.0 Å². The Bertz CT molecular complexity index is 1250. The second kappa shape index (κ2) is 8.24. The van der Waals surface area contributed by atoms with Crippen molar-refractivity contribution in [1.29, 1.82) is 0 Å². The predicted octanol–water partition coefficient (Wildman–Crippen LogP) is 4.57. The average Bonchev–Trinajstić information content (AvgIpc) is 2.64. The quantitative estimate of drug-likeness (QED) is 0.362. The minimum absolute atomic E-state index is 0.0211. The Balaban J connectivity index is 2.45. The maximum absolute atomic E-state index is 13.5. The Hall–Kier alpha value is -3.25. The van der Waals surface area contributed by atoms with E-state index in [1.165, 1.54) is 12.1 Å².